The topological polar surface area (TPSA) is 97.3 Å². The van der Waals surface area contributed by atoms with Crippen molar-refractivity contribution in [1.29, 1.82) is 0 Å². The van der Waals surface area contributed by atoms with Gasteiger partial charge in [-0.25, -0.2) is 9.97 Å². The van der Waals surface area contributed by atoms with Crippen LogP contribution in [0, 0.1) is 0 Å². The Morgan fingerprint density at radius 3 is 2.89 bits per heavy atom. The van der Waals surface area contributed by atoms with Crippen LogP contribution in [0.1, 0.15) is 28.9 Å². The predicted octanol–water partition coefficient (Wildman–Crippen LogP) is 1.94. The highest BCUT2D eigenvalue weighted by atomic mass is 35.5. The zero-order valence-corrected chi connectivity index (χ0v) is 15.3. The van der Waals surface area contributed by atoms with Crippen LogP contribution in [0.2, 0.25) is 5.02 Å². The molecule has 0 bridgehead atoms. The zero-order chi connectivity index (χ0) is 18.8. The van der Waals surface area contributed by atoms with E-state index < -0.39 is 0 Å². The molecule has 2 aromatic rings. The maximum Gasteiger partial charge on any atom is 0.256 e. The second kappa shape index (κ2) is 7.58. The number of aromatic nitrogens is 3. The van der Waals surface area contributed by atoms with Crippen LogP contribution in [0.25, 0.3) is 11.3 Å². The third-order valence-electron chi connectivity index (χ3n) is 4.70. The van der Waals surface area contributed by atoms with Crippen molar-refractivity contribution in [2.45, 2.75) is 25.4 Å². The fourth-order valence-electron chi connectivity index (χ4n) is 3.26. The molecule has 2 aliphatic rings. The quantitative estimate of drug-likeness (QED) is 0.783. The Morgan fingerprint density at radius 2 is 2.11 bits per heavy atom. The summed E-state index contributed by atoms with van der Waals surface area (Å²) < 4.78 is 5.36. The third-order valence-corrected chi connectivity index (χ3v) is 4.97. The number of amides is 1. The van der Waals surface area contributed by atoms with Gasteiger partial charge in [0.15, 0.2) is 0 Å². The standard InChI is InChI=1S/C18H18ClN5O3/c19-14-9-21-18(22-12-1-5-27-6-2-12)23-16(14)11-7-13-15(20-8-11)10-24(3-4-25)17(13)26/h4,7-9,12H,1-3,5-6,10H2,(H,21,22,23). The summed E-state index contributed by atoms with van der Waals surface area (Å²) in [5, 5.41) is 3.69. The molecule has 2 aromatic heterocycles. The molecule has 1 saturated heterocycles. The maximum atomic E-state index is 12.4. The lowest BCUT2D eigenvalue weighted by atomic mass is 10.1. The van der Waals surface area contributed by atoms with Crippen molar-refractivity contribution < 1.29 is 14.3 Å². The van der Waals surface area contributed by atoms with Gasteiger partial charge in [0, 0.05) is 31.0 Å². The molecule has 0 radical (unpaired) electrons. The summed E-state index contributed by atoms with van der Waals surface area (Å²) in [6, 6.07) is 1.98. The van der Waals surface area contributed by atoms with Gasteiger partial charge >= 0.3 is 0 Å². The number of ether oxygens (including phenoxy) is 1. The Bertz CT molecular complexity index is 885. The first kappa shape index (κ1) is 17.8. The van der Waals surface area contributed by atoms with Crippen LogP contribution in [-0.4, -0.2) is 57.8 Å². The first-order valence-corrected chi connectivity index (χ1v) is 9.12. The van der Waals surface area contributed by atoms with E-state index in [-0.39, 0.29) is 18.5 Å². The summed E-state index contributed by atoms with van der Waals surface area (Å²) in [7, 11) is 0. The van der Waals surface area contributed by atoms with Gasteiger partial charge in [-0.15, -0.1) is 0 Å². The monoisotopic (exact) mass is 387 g/mol. The molecule has 27 heavy (non-hydrogen) atoms. The Labute approximate surface area is 160 Å². The van der Waals surface area contributed by atoms with E-state index in [0.29, 0.717) is 59.5 Å². The van der Waals surface area contributed by atoms with Gasteiger partial charge in [0.2, 0.25) is 5.95 Å². The van der Waals surface area contributed by atoms with E-state index in [1.165, 1.54) is 4.90 Å². The Kier molecular flexibility index (Phi) is 5.00. The Hall–Kier alpha value is -2.58. The molecule has 4 rings (SSSR count). The van der Waals surface area contributed by atoms with E-state index in [2.05, 4.69) is 20.3 Å². The van der Waals surface area contributed by atoms with Crippen LogP contribution in [0.15, 0.2) is 18.5 Å². The third kappa shape index (κ3) is 3.63. The van der Waals surface area contributed by atoms with Crippen molar-refractivity contribution in [3.8, 4) is 11.3 Å². The average Bonchev–Trinajstić information content (AvgIpc) is 3.00. The lowest BCUT2D eigenvalue weighted by Crippen LogP contribution is -2.28. The predicted molar refractivity (Wildman–Crippen MR) is 98.5 cm³/mol. The Morgan fingerprint density at radius 1 is 1.30 bits per heavy atom. The van der Waals surface area contributed by atoms with Gasteiger partial charge in [0.05, 0.1) is 41.3 Å². The van der Waals surface area contributed by atoms with Crippen molar-refractivity contribution in [3.05, 3.63) is 34.7 Å². The summed E-state index contributed by atoms with van der Waals surface area (Å²) in [4.78, 5) is 37.8. The molecule has 2 aliphatic heterocycles. The summed E-state index contributed by atoms with van der Waals surface area (Å²) in [6.45, 7) is 1.82. The minimum atomic E-state index is -0.211. The normalized spacial score (nSPS) is 17.1. The minimum Gasteiger partial charge on any atom is -0.381 e. The highest BCUT2D eigenvalue weighted by Gasteiger charge is 2.29. The first-order valence-electron chi connectivity index (χ1n) is 8.74. The van der Waals surface area contributed by atoms with Gasteiger partial charge in [-0.3, -0.25) is 9.78 Å². The molecule has 1 N–H and O–H groups in total. The van der Waals surface area contributed by atoms with Gasteiger partial charge in [0.1, 0.15) is 6.29 Å². The SMILES string of the molecule is O=CCN1Cc2ncc(-c3nc(NC4CCOCC4)ncc3Cl)cc2C1=O. The van der Waals surface area contributed by atoms with Crippen LogP contribution in [0.4, 0.5) is 5.95 Å². The van der Waals surface area contributed by atoms with E-state index in [1.807, 2.05) is 0 Å². The molecule has 0 atom stereocenters. The van der Waals surface area contributed by atoms with Gasteiger partial charge in [-0.2, -0.15) is 0 Å². The number of aldehydes is 1. The van der Waals surface area contributed by atoms with Crippen LogP contribution in [0.5, 0.6) is 0 Å². The molecule has 0 unspecified atom stereocenters. The van der Waals surface area contributed by atoms with E-state index in [0.717, 1.165) is 12.8 Å². The molecular formula is C18H18ClN5O3. The number of fused-ring (bicyclic) bond motifs is 1. The van der Waals surface area contributed by atoms with Crippen LogP contribution < -0.4 is 5.32 Å². The van der Waals surface area contributed by atoms with Crippen molar-refractivity contribution in [2.24, 2.45) is 0 Å². The highest BCUT2D eigenvalue weighted by Crippen LogP contribution is 2.30. The largest absolute Gasteiger partial charge is 0.381 e. The number of halogens is 1. The van der Waals surface area contributed by atoms with Gasteiger partial charge in [0.25, 0.3) is 5.91 Å². The van der Waals surface area contributed by atoms with E-state index >= 15 is 0 Å². The van der Waals surface area contributed by atoms with Crippen molar-refractivity contribution >= 4 is 29.7 Å². The zero-order valence-electron chi connectivity index (χ0n) is 14.5. The molecule has 0 aliphatic carbocycles. The number of carbonyl (C=O) groups is 2. The second-order valence-corrected chi connectivity index (χ2v) is 6.90. The molecule has 0 saturated carbocycles. The minimum absolute atomic E-state index is 0.0535. The molecule has 4 heterocycles. The number of nitrogens with one attached hydrogen (secondary N) is 1. The maximum absolute atomic E-state index is 12.4. The molecule has 0 spiro atoms. The molecule has 140 valence electrons. The number of nitrogens with zero attached hydrogens (tertiary/aromatic N) is 4. The van der Waals surface area contributed by atoms with Crippen LogP contribution in [-0.2, 0) is 16.1 Å². The average molecular weight is 388 g/mol. The lowest BCUT2D eigenvalue weighted by Gasteiger charge is -2.23. The molecule has 9 heteroatoms. The van der Waals surface area contributed by atoms with Crippen LogP contribution in [0.3, 0.4) is 0 Å². The highest BCUT2D eigenvalue weighted by molar-refractivity contribution is 6.32. The molecular weight excluding hydrogens is 370 g/mol. The van der Waals surface area contributed by atoms with Crippen molar-refractivity contribution in [2.75, 3.05) is 25.1 Å². The number of anilines is 1. The second-order valence-electron chi connectivity index (χ2n) is 6.49. The van der Waals surface area contributed by atoms with Crippen molar-refractivity contribution in [3.63, 3.8) is 0 Å². The van der Waals surface area contributed by atoms with Crippen LogP contribution >= 0.6 is 11.6 Å². The van der Waals surface area contributed by atoms with Gasteiger partial charge < -0.3 is 19.7 Å². The van der Waals surface area contributed by atoms with Gasteiger partial charge in [-0.05, 0) is 18.9 Å². The van der Waals surface area contributed by atoms with E-state index in [1.54, 1.807) is 18.5 Å². The number of hydrogen-bond donors (Lipinski definition) is 1. The number of pyridine rings is 1. The summed E-state index contributed by atoms with van der Waals surface area (Å²) in [6.07, 6.45) is 5.67. The number of rotatable bonds is 5. The summed E-state index contributed by atoms with van der Waals surface area (Å²) >= 11 is 6.30. The Balaban J connectivity index is 1.61. The molecule has 1 amide bonds. The fraction of sp³-hybridized carbons (Fsp3) is 0.389. The molecule has 0 aromatic carbocycles. The van der Waals surface area contributed by atoms with E-state index in [4.69, 9.17) is 16.3 Å². The van der Waals surface area contributed by atoms with Crippen molar-refractivity contribution in [1.82, 2.24) is 19.9 Å². The molecule has 1 fully saturated rings. The van der Waals surface area contributed by atoms with E-state index in [9.17, 15) is 9.59 Å². The lowest BCUT2D eigenvalue weighted by molar-refractivity contribution is -0.108. The first-order chi connectivity index (χ1) is 13.2. The summed E-state index contributed by atoms with van der Waals surface area (Å²) in [5.74, 6) is 0.271. The molecule has 8 nitrogen and oxygen atoms in total. The smallest absolute Gasteiger partial charge is 0.256 e. The number of hydrogen-bond acceptors (Lipinski definition) is 7. The fourth-order valence-corrected chi connectivity index (χ4v) is 3.46. The van der Waals surface area contributed by atoms with Gasteiger partial charge in [-0.1, -0.05) is 11.6 Å². The summed E-state index contributed by atoms with van der Waals surface area (Å²) in [5.41, 5.74) is 2.27. The number of carbonyl (C=O) groups excluding carboxylic acids is 2.